The molecule has 1 aliphatic rings. The fourth-order valence-corrected chi connectivity index (χ4v) is 3.70. The molecular weight excluding hydrogens is 338 g/mol. The van der Waals surface area contributed by atoms with Crippen LogP contribution in [0, 0.1) is 0 Å². The zero-order chi connectivity index (χ0) is 18.4. The fourth-order valence-electron chi connectivity index (χ4n) is 3.70. The lowest BCUT2D eigenvalue weighted by Gasteiger charge is -2.15. The second-order valence-electron chi connectivity index (χ2n) is 6.50. The van der Waals surface area contributed by atoms with Crippen molar-refractivity contribution in [1.82, 2.24) is 10.3 Å². The number of anilines is 1. The molecule has 0 radical (unpaired) electrons. The quantitative estimate of drug-likeness (QED) is 0.550. The Hall–Kier alpha value is -3.73. The summed E-state index contributed by atoms with van der Waals surface area (Å²) in [5.41, 5.74) is 1.29. The zero-order valence-electron chi connectivity index (χ0n) is 14.3. The minimum atomic E-state index is -0.720. The minimum Gasteiger partial charge on any atom is -0.321 e. The molecule has 0 aliphatic carbocycles. The van der Waals surface area contributed by atoms with E-state index >= 15 is 0 Å². The summed E-state index contributed by atoms with van der Waals surface area (Å²) in [6, 6.07) is 20.0. The number of hydrogen-bond acceptors (Lipinski definition) is 3. The van der Waals surface area contributed by atoms with Crippen LogP contribution in [-0.2, 0) is 4.79 Å². The van der Waals surface area contributed by atoms with Crippen molar-refractivity contribution in [2.45, 2.75) is 6.04 Å². The lowest BCUT2D eigenvalue weighted by molar-refractivity contribution is -0.118. The third-order valence-corrected chi connectivity index (χ3v) is 4.96. The van der Waals surface area contributed by atoms with E-state index in [1.807, 2.05) is 66.7 Å². The number of nitrogens with zero attached hydrogens (tertiary/aromatic N) is 2. The van der Waals surface area contributed by atoms with E-state index in [1.54, 1.807) is 12.4 Å². The molecule has 2 heterocycles. The van der Waals surface area contributed by atoms with Crippen molar-refractivity contribution in [3.8, 4) is 0 Å². The number of pyridine rings is 1. The molecule has 5 nitrogen and oxygen atoms in total. The maximum atomic E-state index is 13.2. The first-order valence-corrected chi connectivity index (χ1v) is 8.69. The molecule has 3 amide bonds. The van der Waals surface area contributed by atoms with Crippen LogP contribution in [0.1, 0.15) is 11.6 Å². The van der Waals surface area contributed by atoms with Crippen LogP contribution in [0.15, 0.2) is 79.1 Å². The van der Waals surface area contributed by atoms with Gasteiger partial charge in [0.05, 0.1) is 11.9 Å². The van der Waals surface area contributed by atoms with Gasteiger partial charge >= 0.3 is 6.03 Å². The molecule has 5 rings (SSSR count). The smallest absolute Gasteiger partial charge is 0.321 e. The van der Waals surface area contributed by atoms with E-state index < -0.39 is 12.1 Å². The van der Waals surface area contributed by atoms with Crippen LogP contribution >= 0.6 is 0 Å². The molecule has 0 spiro atoms. The molecule has 4 aromatic rings. The van der Waals surface area contributed by atoms with E-state index in [9.17, 15) is 9.59 Å². The van der Waals surface area contributed by atoms with Crippen molar-refractivity contribution in [3.05, 3.63) is 84.7 Å². The maximum Gasteiger partial charge on any atom is 0.329 e. The summed E-state index contributed by atoms with van der Waals surface area (Å²) in [4.78, 5) is 31.3. The highest BCUT2D eigenvalue weighted by atomic mass is 16.2. The van der Waals surface area contributed by atoms with E-state index in [4.69, 9.17) is 0 Å². The van der Waals surface area contributed by atoms with Crippen LogP contribution in [0.2, 0.25) is 0 Å². The van der Waals surface area contributed by atoms with Gasteiger partial charge in [0.1, 0.15) is 6.04 Å². The average Bonchev–Trinajstić information content (AvgIpc) is 3.01. The highest BCUT2D eigenvalue weighted by molar-refractivity contribution is 6.24. The van der Waals surface area contributed by atoms with Gasteiger partial charge in [0.2, 0.25) is 0 Å². The summed E-state index contributed by atoms with van der Waals surface area (Å²) in [6.45, 7) is 0. The number of nitrogens with one attached hydrogen (secondary N) is 1. The number of fused-ring (bicyclic) bond motifs is 2. The van der Waals surface area contributed by atoms with E-state index in [0.29, 0.717) is 5.69 Å². The Balaban J connectivity index is 1.63. The third-order valence-electron chi connectivity index (χ3n) is 4.96. The Morgan fingerprint density at radius 2 is 1.48 bits per heavy atom. The lowest BCUT2D eigenvalue weighted by atomic mass is 9.98. The summed E-state index contributed by atoms with van der Waals surface area (Å²) in [5.74, 6) is -0.297. The van der Waals surface area contributed by atoms with E-state index in [2.05, 4.69) is 10.3 Å². The predicted molar refractivity (Wildman–Crippen MR) is 104 cm³/mol. The summed E-state index contributed by atoms with van der Waals surface area (Å²) in [6.07, 6.45) is 3.28. The molecule has 0 saturated carbocycles. The standard InChI is InChI=1S/C22H15N3O2/c26-21-20(18-11-5-8-14-6-1-3-9-16(14)18)24-22(27)25(21)19-13-23-12-15-7-2-4-10-17(15)19/h1-13,20H,(H,24,27). The van der Waals surface area contributed by atoms with Crippen LogP contribution in [0.5, 0.6) is 0 Å². The zero-order valence-corrected chi connectivity index (χ0v) is 14.3. The molecule has 27 heavy (non-hydrogen) atoms. The molecular formula is C22H15N3O2. The fraction of sp³-hybridized carbons (Fsp3) is 0.0455. The minimum absolute atomic E-state index is 0.297. The van der Waals surface area contributed by atoms with Crippen molar-refractivity contribution in [3.63, 3.8) is 0 Å². The molecule has 1 atom stereocenters. The van der Waals surface area contributed by atoms with Gasteiger partial charge in [0, 0.05) is 17.0 Å². The number of amides is 3. The summed E-state index contributed by atoms with van der Waals surface area (Å²) in [5, 5.41) is 6.51. The maximum absolute atomic E-state index is 13.2. The lowest BCUT2D eigenvalue weighted by Crippen LogP contribution is -2.31. The molecule has 130 valence electrons. The van der Waals surface area contributed by atoms with E-state index in [0.717, 1.165) is 27.1 Å². The van der Waals surface area contributed by atoms with Gasteiger partial charge in [-0.25, -0.2) is 9.69 Å². The monoisotopic (exact) mass is 353 g/mol. The molecule has 1 aliphatic heterocycles. The van der Waals surface area contributed by atoms with Crippen molar-refractivity contribution in [1.29, 1.82) is 0 Å². The van der Waals surface area contributed by atoms with Crippen LogP contribution in [-0.4, -0.2) is 16.9 Å². The van der Waals surface area contributed by atoms with Gasteiger partial charge in [0.15, 0.2) is 0 Å². The molecule has 1 fully saturated rings. The molecule has 5 heteroatoms. The highest BCUT2D eigenvalue weighted by Gasteiger charge is 2.41. The van der Waals surface area contributed by atoms with Crippen molar-refractivity contribution >= 4 is 39.2 Å². The summed E-state index contributed by atoms with van der Waals surface area (Å²) in [7, 11) is 0. The van der Waals surface area contributed by atoms with Crippen LogP contribution in [0.3, 0.4) is 0 Å². The molecule has 1 N–H and O–H groups in total. The van der Waals surface area contributed by atoms with Crippen LogP contribution < -0.4 is 10.2 Å². The topological polar surface area (TPSA) is 62.3 Å². The largest absolute Gasteiger partial charge is 0.329 e. The predicted octanol–water partition coefficient (Wildman–Crippen LogP) is 4.19. The second-order valence-corrected chi connectivity index (χ2v) is 6.50. The highest BCUT2D eigenvalue weighted by Crippen LogP contribution is 2.34. The molecule has 1 saturated heterocycles. The van der Waals surface area contributed by atoms with Gasteiger partial charge in [-0.15, -0.1) is 0 Å². The SMILES string of the molecule is O=C1NC(c2cccc3ccccc23)C(=O)N1c1cncc2ccccc12. The number of benzene rings is 3. The Bertz CT molecular complexity index is 1210. The molecule has 0 bridgehead atoms. The Kier molecular flexibility index (Phi) is 3.40. The van der Waals surface area contributed by atoms with Crippen LogP contribution in [0.25, 0.3) is 21.5 Å². The van der Waals surface area contributed by atoms with Gasteiger partial charge < -0.3 is 5.32 Å². The van der Waals surface area contributed by atoms with Gasteiger partial charge in [-0.1, -0.05) is 66.7 Å². The first-order valence-electron chi connectivity index (χ1n) is 8.69. The number of urea groups is 1. The summed E-state index contributed by atoms with van der Waals surface area (Å²) >= 11 is 0. The first kappa shape index (κ1) is 15.5. The van der Waals surface area contributed by atoms with Gasteiger partial charge in [-0.05, 0) is 16.3 Å². The molecule has 3 aromatic carbocycles. The van der Waals surface area contributed by atoms with E-state index in [-0.39, 0.29) is 5.91 Å². The van der Waals surface area contributed by atoms with Gasteiger partial charge in [0.25, 0.3) is 5.91 Å². The van der Waals surface area contributed by atoms with Crippen LogP contribution in [0.4, 0.5) is 10.5 Å². The Labute approximate surface area is 155 Å². The van der Waals surface area contributed by atoms with Gasteiger partial charge in [-0.2, -0.15) is 0 Å². The first-order chi connectivity index (χ1) is 13.2. The Morgan fingerprint density at radius 3 is 2.33 bits per heavy atom. The van der Waals surface area contributed by atoms with Gasteiger partial charge in [-0.3, -0.25) is 9.78 Å². The van der Waals surface area contributed by atoms with Crippen molar-refractivity contribution < 1.29 is 9.59 Å². The van der Waals surface area contributed by atoms with E-state index in [1.165, 1.54) is 4.90 Å². The molecule has 1 unspecified atom stereocenters. The average molecular weight is 353 g/mol. The number of carbonyl (C=O) groups is 2. The summed E-state index contributed by atoms with van der Waals surface area (Å²) < 4.78 is 0. The number of carbonyl (C=O) groups excluding carboxylic acids is 2. The normalized spacial score (nSPS) is 16.9. The van der Waals surface area contributed by atoms with Crippen molar-refractivity contribution in [2.24, 2.45) is 0 Å². The second kappa shape index (κ2) is 5.92. The van der Waals surface area contributed by atoms with Crippen molar-refractivity contribution in [2.75, 3.05) is 4.90 Å². The number of hydrogen-bond donors (Lipinski definition) is 1. The Morgan fingerprint density at radius 1 is 0.778 bits per heavy atom. The number of aromatic nitrogens is 1. The number of imide groups is 1. The number of rotatable bonds is 2. The third kappa shape index (κ3) is 2.36. The molecule has 1 aromatic heterocycles.